The van der Waals surface area contributed by atoms with Crippen LogP contribution in [0.1, 0.15) is 38.4 Å². The second-order valence-corrected chi connectivity index (χ2v) is 8.54. The molecular weight excluding hydrogens is 400 g/mol. The van der Waals surface area contributed by atoms with E-state index in [1.807, 2.05) is 42.7 Å². The van der Waals surface area contributed by atoms with Gasteiger partial charge in [0.05, 0.1) is 35.6 Å². The molecule has 166 valence electrons. The number of carbonyl (C=O) groups excluding carboxylic acids is 1. The number of benzene rings is 2. The Labute approximate surface area is 188 Å². The molecule has 2 N–H and O–H groups in total. The van der Waals surface area contributed by atoms with Gasteiger partial charge in [-0.15, -0.1) is 0 Å². The fraction of sp³-hybridized carbons (Fsp3) is 0.308. The van der Waals surface area contributed by atoms with E-state index in [2.05, 4.69) is 53.0 Å². The van der Waals surface area contributed by atoms with Gasteiger partial charge in [0.25, 0.3) is 5.91 Å². The van der Waals surface area contributed by atoms with Crippen LogP contribution in [0.2, 0.25) is 0 Å². The average Bonchev–Trinajstić information content (AvgIpc) is 3.28. The van der Waals surface area contributed by atoms with E-state index < -0.39 is 6.10 Å². The summed E-state index contributed by atoms with van der Waals surface area (Å²) in [6.07, 6.45) is 1.02. The van der Waals surface area contributed by atoms with Crippen molar-refractivity contribution in [3.8, 4) is 0 Å². The van der Waals surface area contributed by atoms with Crippen molar-refractivity contribution in [1.29, 1.82) is 0 Å². The van der Waals surface area contributed by atoms with Gasteiger partial charge in [0, 0.05) is 24.5 Å². The number of nitrogens with one attached hydrogen (secondary N) is 1. The number of hydrogen-bond donors (Lipinski definition) is 2. The van der Waals surface area contributed by atoms with E-state index in [0.29, 0.717) is 12.1 Å². The topological polar surface area (TPSA) is 72.1 Å². The lowest BCUT2D eigenvalue weighted by molar-refractivity contribution is 0.0904. The molecule has 2 aromatic heterocycles. The van der Waals surface area contributed by atoms with E-state index in [1.54, 1.807) is 6.33 Å². The highest BCUT2D eigenvalue weighted by Gasteiger charge is 2.17. The van der Waals surface area contributed by atoms with Gasteiger partial charge in [0.15, 0.2) is 0 Å². The minimum absolute atomic E-state index is 0.168. The first-order chi connectivity index (χ1) is 15.3. The molecule has 1 atom stereocenters. The maximum absolute atomic E-state index is 12.8. The number of imidazole rings is 1. The Morgan fingerprint density at radius 3 is 2.53 bits per heavy atom. The molecule has 6 heteroatoms. The highest BCUT2D eigenvalue weighted by atomic mass is 16.3. The molecule has 0 aliphatic heterocycles. The number of amides is 1. The number of nitrogens with zero attached hydrogens (tertiary/aromatic N) is 3. The lowest BCUT2D eigenvalue weighted by Crippen LogP contribution is -2.34. The van der Waals surface area contributed by atoms with Gasteiger partial charge < -0.3 is 19.6 Å². The van der Waals surface area contributed by atoms with Crippen LogP contribution < -0.4 is 5.32 Å². The lowest BCUT2D eigenvalue weighted by atomic mass is 10.1. The molecule has 1 amide bonds. The van der Waals surface area contributed by atoms with Gasteiger partial charge in [-0.05, 0) is 62.6 Å². The van der Waals surface area contributed by atoms with Crippen LogP contribution in [-0.2, 0) is 13.1 Å². The summed E-state index contributed by atoms with van der Waals surface area (Å²) in [5.41, 5.74) is 8.07. The fourth-order valence-electron chi connectivity index (χ4n) is 4.10. The third kappa shape index (κ3) is 4.46. The largest absolute Gasteiger partial charge is 0.389 e. The number of rotatable bonds is 7. The van der Waals surface area contributed by atoms with Gasteiger partial charge in [-0.3, -0.25) is 4.79 Å². The molecule has 0 unspecified atom stereocenters. The molecule has 4 aromatic rings. The number of carbonyl (C=O) groups is 1. The van der Waals surface area contributed by atoms with Crippen LogP contribution in [0.4, 0.5) is 0 Å². The van der Waals surface area contributed by atoms with Crippen molar-refractivity contribution in [3.63, 3.8) is 0 Å². The van der Waals surface area contributed by atoms with Crippen LogP contribution in [0.15, 0.2) is 54.9 Å². The van der Waals surface area contributed by atoms with E-state index in [0.717, 1.165) is 29.0 Å². The molecule has 2 aromatic carbocycles. The van der Waals surface area contributed by atoms with E-state index in [9.17, 15) is 9.90 Å². The Bertz CT molecular complexity index is 1250. The third-order valence-electron chi connectivity index (χ3n) is 6.14. The Hall–Kier alpha value is -3.38. The molecule has 0 saturated heterocycles. The van der Waals surface area contributed by atoms with Crippen LogP contribution in [0, 0.1) is 27.7 Å². The van der Waals surface area contributed by atoms with Gasteiger partial charge in [0.1, 0.15) is 0 Å². The van der Waals surface area contributed by atoms with Gasteiger partial charge in [0.2, 0.25) is 0 Å². The third-order valence-corrected chi connectivity index (χ3v) is 6.14. The highest BCUT2D eigenvalue weighted by molar-refractivity contribution is 5.95. The van der Waals surface area contributed by atoms with Gasteiger partial charge in [-0.25, -0.2) is 4.98 Å². The van der Waals surface area contributed by atoms with Crippen molar-refractivity contribution in [2.45, 2.75) is 46.9 Å². The summed E-state index contributed by atoms with van der Waals surface area (Å²) >= 11 is 0. The van der Waals surface area contributed by atoms with Crippen LogP contribution in [-0.4, -0.2) is 37.8 Å². The highest BCUT2D eigenvalue weighted by Crippen LogP contribution is 2.19. The summed E-state index contributed by atoms with van der Waals surface area (Å²) < 4.78 is 4.08. The Balaban J connectivity index is 1.41. The first-order valence-corrected chi connectivity index (χ1v) is 10.9. The van der Waals surface area contributed by atoms with Crippen molar-refractivity contribution < 1.29 is 9.90 Å². The van der Waals surface area contributed by atoms with Gasteiger partial charge in [-0.1, -0.05) is 30.3 Å². The number of aryl methyl sites for hydroxylation is 3. The average molecular weight is 431 g/mol. The van der Waals surface area contributed by atoms with E-state index >= 15 is 0 Å². The zero-order valence-corrected chi connectivity index (χ0v) is 19.1. The van der Waals surface area contributed by atoms with Crippen LogP contribution in [0.3, 0.4) is 0 Å². The SMILES string of the molecule is Cc1cc2ncn(C[C@@H](O)CNC(=O)c3cc(C)n(Cc4ccccc4)c3C)c2cc1C. The Kier molecular flexibility index (Phi) is 6.15. The zero-order chi connectivity index (χ0) is 22.8. The van der Waals surface area contributed by atoms with Crippen molar-refractivity contribution in [3.05, 3.63) is 88.5 Å². The van der Waals surface area contributed by atoms with Crippen LogP contribution in [0.25, 0.3) is 11.0 Å². The van der Waals surface area contributed by atoms with E-state index in [1.165, 1.54) is 16.7 Å². The predicted octanol–water partition coefficient (Wildman–Crippen LogP) is 3.91. The zero-order valence-electron chi connectivity index (χ0n) is 19.1. The first-order valence-electron chi connectivity index (χ1n) is 10.9. The summed E-state index contributed by atoms with van der Waals surface area (Å²) in [4.78, 5) is 17.3. The quantitative estimate of drug-likeness (QED) is 0.467. The summed E-state index contributed by atoms with van der Waals surface area (Å²) in [5.74, 6) is -0.168. The molecule has 0 spiro atoms. The Morgan fingerprint density at radius 1 is 1.06 bits per heavy atom. The molecule has 0 aliphatic carbocycles. The maximum Gasteiger partial charge on any atom is 0.253 e. The van der Waals surface area contributed by atoms with Gasteiger partial charge in [-0.2, -0.15) is 0 Å². The molecule has 6 nitrogen and oxygen atoms in total. The summed E-state index contributed by atoms with van der Waals surface area (Å²) in [6, 6.07) is 16.3. The number of aromatic nitrogens is 3. The smallest absolute Gasteiger partial charge is 0.253 e. The molecule has 4 rings (SSSR count). The van der Waals surface area contributed by atoms with Crippen molar-refractivity contribution >= 4 is 16.9 Å². The van der Waals surface area contributed by atoms with Crippen LogP contribution in [0.5, 0.6) is 0 Å². The molecule has 0 fully saturated rings. The van der Waals surface area contributed by atoms with Gasteiger partial charge >= 0.3 is 0 Å². The van der Waals surface area contributed by atoms with Crippen molar-refractivity contribution in [2.24, 2.45) is 0 Å². The fourth-order valence-corrected chi connectivity index (χ4v) is 4.10. The number of fused-ring (bicyclic) bond motifs is 1. The Morgan fingerprint density at radius 2 is 1.78 bits per heavy atom. The normalized spacial score (nSPS) is 12.3. The standard InChI is InChI=1S/C26H30N4O2/c1-17-10-24-25(11-18(17)2)29(16-28-24)15-22(31)13-27-26(32)23-12-19(3)30(20(23)4)14-21-8-6-5-7-9-21/h5-12,16,22,31H,13-15H2,1-4H3,(H,27,32)/t22-/m0/s1. The summed E-state index contributed by atoms with van der Waals surface area (Å²) in [5, 5.41) is 13.4. The number of aliphatic hydroxyl groups excluding tert-OH is 1. The maximum atomic E-state index is 12.8. The minimum atomic E-state index is -0.717. The van der Waals surface area contributed by atoms with Crippen molar-refractivity contribution in [1.82, 2.24) is 19.4 Å². The minimum Gasteiger partial charge on any atom is -0.389 e. The predicted molar refractivity (Wildman–Crippen MR) is 127 cm³/mol. The second-order valence-electron chi connectivity index (χ2n) is 8.54. The molecule has 2 heterocycles. The van der Waals surface area contributed by atoms with E-state index in [4.69, 9.17) is 0 Å². The number of hydrogen-bond acceptors (Lipinski definition) is 3. The molecule has 32 heavy (non-hydrogen) atoms. The van der Waals surface area contributed by atoms with Crippen LogP contribution >= 0.6 is 0 Å². The molecule has 0 bridgehead atoms. The summed E-state index contributed by atoms with van der Waals surface area (Å²) in [7, 11) is 0. The lowest BCUT2D eigenvalue weighted by Gasteiger charge is -2.14. The molecule has 0 aliphatic rings. The molecule has 0 saturated carbocycles. The first kappa shape index (κ1) is 21.8. The molecular formula is C26H30N4O2. The molecule has 0 radical (unpaired) electrons. The monoisotopic (exact) mass is 430 g/mol. The number of aliphatic hydroxyl groups is 1. The van der Waals surface area contributed by atoms with Crippen molar-refractivity contribution in [2.75, 3.05) is 6.54 Å². The second kappa shape index (κ2) is 9.01. The summed E-state index contributed by atoms with van der Waals surface area (Å²) in [6.45, 7) is 9.36. The van der Waals surface area contributed by atoms with E-state index in [-0.39, 0.29) is 12.5 Å².